The standard InChI is InChI=1S/C35H49N3O3/c1-5-36-19-21-37(22-20-36)23-24-41-32-15-12-29(13-16-32)27-38(6-2)35-26-33(40-4)17-18-34(35)30-9-7-8-10-31(39)14-11-28(3)25-30/h10-18,26,30,39H,3,5-9,19-25,27H2,1-2,4H3/b14-11-,31-10+. The lowest BCUT2D eigenvalue weighted by Gasteiger charge is -2.33. The van der Waals surface area contributed by atoms with E-state index in [1.165, 1.54) is 16.8 Å². The molecule has 6 nitrogen and oxygen atoms in total. The summed E-state index contributed by atoms with van der Waals surface area (Å²) in [5.41, 5.74) is 4.83. The predicted molar refractivity (Wildman–Crippen MR) is 170 cm³/mol. The minimum atomic E-state index is 0.328. The van der Waals surface area contributed by atoms with Gasteiger partial charge >= 0.3 is 0 Å². The molecule has 1 atom stereocenters. The van der Waals surface area contributed by atoms with Gasteiger partial charge in [0.05, 0.1) is 7.11 Å². The average molecular weight is 560 g/mol. The van der Waals surface area contributed by atoms with Crippen LogP contribution in [0.15, 0.2) is 78.6 Å². The molecule has 2 aromatic rings. The van der Waals surface area contributed by atoms with E-state index >= 15 is 0 Å². The molecular weight excluding hydrogens is 510 g/mol. The Morgan fingerprint density at radius 1 is 0.976 bits per heavy atom. The second-order valence-corrected chi connectivity index (χ2v) is 11.2. The predicted octanol–water partition coefficient (Wildman–Crippen LogP) is 6.95. The number of aliphatic hydroxyl groups excluding tert-OH is 1. The smallest absolute Gasteiger partial charge is 0.120 e. The van der Waals surface area contributed by atoms with Crippen molar-refractivity contribution < 1.29 is 14.6 Å². The van der Waals surface area contributed by atoms with Crippen molar-refractivity contribution in [2.45, 2.75) is 52.0 Å². The molecule has 222 valence electrons. The number of methoxy groups -OCH3 is 1. The summed E-state index contributed by atoms with van der Waals surface area (Å²) in [4.78, 5) is 7.44. The number of rotatable bonds is 11. The third kappa shape index (κ3) is 9.14. The minimum absolute atomic E-state index is 0.328. The van der Waals surface area contributed by atoms with Crippen LogP contribution in [0.25, 0.3) is 0 Å². The quantitative estimate of drug-likeness (QED) is 0.322. The summed E-state index contributed by atoms with van der Waals surface area (Å²) >= 11 is 0. The monoisotopic (exact) mass is 559 g/mol. The van der Waals surface area contributed by atoms with Crippen molar-refractivity contribution in [3.05, 3.63) is 89.7 Å². The molecule has 1 aliphatic carbocycles. The number of benzene rings is 2. The van der Waals surface area contributed by atoms with Crippen LogP contribution in [0.4, 0.5) is 5.69 Å². The first-order valence-corrected chi connectivity index (χ1v) is 15.3. The van der Waals surface area contributed by atoms with Crippen LogP contribution in [0.3, 0.4) is 0 Å². The molecule has 2 aromatic carbocycles. The van der Waals surface area contributed by atoms with Gasteiger partial charge in [0.25, 0.3) is 0 Å². The molecule has 1 fully saturated rings. The number of ether oxygens (including phenoxy) is 2. The van der Waals surface area contributed by atoms with E-state index in [1.54, 1.807) is 13.2 Å². The van der Waals surface area contributed by atoms with E-state index in [9.17, 15) is 5.11 Å². The SMILES string of the molecule is C=C1/C=C\C(O)=C/CCCC(c2ccc(OC)cc2N(CC)Cc2ccc(OCCN3CCN(CC)CC3)cc2)C1. The van der Waals surface area contributed by atoms with Gasteiger partial charge < -0.3 is 24.4 Å². The Morgan fingerprint density at radius 2 is 1.71 bits per heavy atom. The van der Waals surface area contributed by atoms with Gasteiger partial charge in [0.2, 0.25) is 0 Å². The number of piperazine rings is 1. The summed E-state index contributed by atoms with van der Waals surface area (Å²) in [5, 5.41) is 10.0. The molecule has 1 heterocycles. The van der Waals surface area contributed by atoms with E-state index in [0.717, 1.165) is 102 Å². The van der Waals surface area contributed by atoms with E-state index in [2.05, 4.69) is 77.6 Å². The second kappa shape index (κ2) is 15.7. The average Bonchev–Trinajstić information content (AvgIpc) is 3.01. The molecule has 0 bridgehead atoms. The van der Waals surface area contributed by atoms with E-state index in [1.807, 2.05) is 12.2 Å². The molecule has 0 amide bonds. The second-order valence-electron chi connectivity index (χ2n) is 11.2. The number of nitrogens with zero attached hydrogens (tertiary/aromatic N) is 3. The fourth-order valence-electron chi connectivity index (χ4n) is 5.81. The fraction of sp³-hybridized carbons (Fsp3) is 0.486. The highest BCUT2D eigenvalue weighted by Crippen LogP contribution is 2.38. The molecule has 0 radical (unpaired) electrons. The Hall–Kier alpha value is -3.22. The van der Waals surface area contributed by atoms with Crippen molar-refractivity contribution in [1.82, 2.24) is 9.80 Å². The zero-order valence-corrected chi connectivity index (χ0v) is 25.4. The van der Waals surface area contributed by atoms with Crippen molar-refractivity contribution in [3.63, 3.8) is 0 Å². The van der Waals surface area contributed by atoms with Crippen LogP contribution in [-0.4, -0.2) is 74.4 Å². The van der Waals surface area contributed by atoms with E-state index in [0.29, 0.717) is 11.7 Å². The van der Waals surface area contributed by atoms with Gasteiger partial charge in [-0.05, 0) is 86.5 Å². The Kier molecular flexibility index (Phi) is 11.8. The highest BCUT2D eigenvalue weighted by Gasteiger charge is 2.21. The lowest BCUT2D eigenvalue weighted by molar-refractivity contribution is 0.121. The van der Waals surface area contributed by atoms with Gasteiger partial charge in [-0.3, -0.25) is 4.90 Å². The summed E-state index contributed by atoms with van der Waals surface area (Å²) in [6.07, 6.45) is 9.39. The van der Waals surface area contributed by atoms with Crippen molar-refractivity contribution in [1.29, 1.82) is 0 Å². The molecule has 4 rings (SSSR count). The lowest BCUT2D eigenvalue weighted by Crippen LogP contribution is -2.47. The van der Waals surface area contributed by atoms with Gasteiger partial charge in [0.15, 0.2) is 0 Å². The molecule has 1 N–H and O–H groups in total. The van der Waals surface area contributed by atoms with Crippen LogP contribution in [0.5, 0.6) is 11.5 Å². The maximum absolute atomic E-state index is 10.0. The maximum Gasteiger partial charge on any atom is 0.120 e. The summed E-state index contributed by atoms with van der Waals surface area (Å²) in [5.74, 6) is 2.47. The highest BCUT2D eigenvalue weighted by molar-refractivity contribution is 5.59. The van der Waals surface area contributed by atoms with Crippen molar-refractivity contribution >= 4 is 5.69 Å². The topological polar surface area (TPSA) is 48.4 Å². The Labute approximate surface area is 247 Å². The largest absolute Gasteiger partial charge is 0.508 e. The normalized spacial score (nSPS) is 21.1. The zero-order valence-electron chi connectivity index (χ0n) is 25.4. The first-order chi connectivity index (χ1) is 20.0. The van der Waals surface area contributed by atoms with E-state index in [-0.39, 0.29) is 0 Å². The molecule has 1 unspecified atom stereocenters. The third-order valence-electron chi connectivity index (χ3n) is 8.39. The zero-order chi connectivity index (χ0) is 29.0. The van der Waals surface area contributed by atoms with Crippen LogP contribution in [0, 0.1) is 0 Å². The van der Waals surface area contributed by atoms with Crippen molar-refractivity contribution in [2.24, 2.45) is 0 Å². The van der Waals surface area contributed by atoms with Crippen molar-refractivity contribution in [3.8, 4) is 11.5 Å². The summed E-state index contributed by atoms with van der Waals surface area (Å²) < 4.78 is 11.8. The van der Waals surface area contributed by atoms with Gasteiger partial charge in [-0.15, -0.1) is 0 Å². The maximum atomic E-state index is 10.0. The molecule has 1 aliphatic heterocycles. The van der Waals surface area contributed by atoms with Gasteiger partial charge in [-0.2, -0.15) is 0 Å². The van der Waals surface area contributed by atoms with E-state index < -0.39 is 0 Å². The summed E-state index contributed by atoms with van der Waals surface area (Å²) in [7, 11) is 1.73. The first-order valence-electron chi connectivity index (χ1n) is 15.3. The van der Waals surface area contributed by atoms with Crippen molar-refractivity contribution in [2.75, 3.05) is 64.4 Å². The van der Waals surface area contributed by atoms with Gasteiger partial charge in [0, 0.05) is 57.6 Å². The number of anilines is 1. The molecule has 2 aliphatic rings. The molecule has 41 heavy (non-hydrogen) atoms. The fourth-order valence-corrected chi connectivity index (χ4v) is 5.81. The van der Waals surface area contributed by atoms with Crippen LogP contribution in [0.1, 0.15) is 56.6 Å². The van der Waals surface area contributed by atoms with Gasteiger partial charge in [0.1, 0.15) is 23.9 Å². The molecule has 0 saturated carbocycles. The number of aliphatic hydroxyl groups is 1. The van der Waals surface area contributed by atoms with Crippen LogP contribution in [0.2, 0.25) is 0 Å². The third-order valence-corrected chi connectivity index (χ3v) is 8.39. The van der Waals surface area contributed by atoms with E-state index in [4.69, 9.17) is 9.47 Å². The number of likely N-dealkylation sites (N-methyl/N-ethyl adjacent to an activating group) is 1. The minimum Gasteiger partial charge on any atom is -0.508 e. The molecular formula is C35H49N3O3. The Balaban J connectivity index is 1.42. The highest BCUT2D eigenvalue weighted by atomic mass is 16.5. The lowest BCUT2D eigenvalue weighted by atomic mass is 9.86. The number of hydrogen-bond acceptors (Lipinski definition) is 6. The Bertz CT molecular complexity index is 1170. The molecule has 1 saturated heterocycles. The van der Waals surface area contributed by atoms with Crippen LogP contribution >= 0.6 is 0 Å². The summed E-state index contributed by atoms with van der Waals surface area (Å²) in [6.45, 7) is 17.8. The number of hydrogen-bond donors (Lipinski definition) is 1. The molecule has 0 aromatic heterocycles. The summed E-state index contributed by atoms with van der Waals surface area (Å²) in [6, 6.07) is 15.1. The van der Waals surface area contributed by atoms with Crippen LogP contribution < -0.4 is 14.4 Å². The molecule has 6 heteroatoms. The van der Waals surface area contributed by atoms with Gasteiger partial charge in [-0.25, -0.2) is 0 Å². The number of allylic oxidation sites excluding steroid dienone is 4. The first kappa shape index (κ1) is 30.7. The molecule has 0 spiro atoms. The van der Waals surface area contributed by atoms with Crippen LogP contribution in [-0.2, 0) is 6.54 Å². The Morgan fingerprint density at radius 3 is 2.41 bits per heavy atom. The van der Waals surface area contributed by atoms with Gasteiger partial charge in [-0.1, -0.05) is 43.4 Å².